The second-order valence-electron chi connectivity index (χ2n) is 3.02. The Balaban J connectivity index is 3.75. The lowest BCUT2D eigenvalue weighted by Gasteiger charge is -2.18. The summed E-state index contributed by atoms with van der Waals surface area (Å²) < 4.78 is 10.3. The van der Waals surface area contributed by atoms with E-state index in [4.69, 9.17) is 9.47 Å². The maximum atomic E-state index is 11.1. The Morgan fingerprint density at radius 3 is 2.43 bits per heavy atom. The quantitative estimate of drug-likeness (QED) is 0.525. The molecule has 0 saturated carbocycles. The lowest BCUT2D eigenvalue weighted by atomic mass is 10.1. The number of carbonyl (C=O) groups is 1. The van der Waals surface area contributed by atoms with Crippen molar-refractivity contribution in [2.24, 2.45) is 0 Å². The number of hydrogen-bond acceptors (Lipinski definition) is 3. The van der Waals surface area contributed by atoms with Crippen molar-refractivity contribution in [3.05, 3.63) is 0 Å². The smallest absolute Gasteiger partial charge is 0.305 e. The van der Waals surface area contributed by atoms with Crippen LogP contribution in [0.25, 0.3) is 0 Å². The summed E-state index contributed by atoms with van der Waals surface area (Å²) >= 11 is 3.45. The van der Waals surface area contributed by atoms with Crippen LogP contribution in [-0.4, -0.2) is 30.1 Å². The van der Waals surface area contributed by atoms with E-state index in [0.29, 0.717) is 26.1 Å². The summed E-state index contributed by atoms with van der Waals surface area (Å²) in [6, 6.07) is 0. The van der Waals surface area contributed by atoms with Crippen LogP contribution in [0.1, 0.15) is 33.6 Å². The van der Waals surface area contributed by atoms with Gasteiger partial charge >= 0.3 is 5.97 Å². The SMILES string of the molecule is CCOC(=O)CCC(OCC)C(C)Br. The monoisotopic (exact) mass is 266 g/mol. The Kier molecular flexibility index (Phi) is 8.18. The largest absolute Gasteiger partial charge is 0.466 e. The normalized spacial score (nSPS) is 14.9. The first-order chi connectivity index (χ1) is 6.61. The highest BCUT2D eigenvalue weighted by Crippen LogP contribution is 2.14. The number of halogens is 1. The average Bonchev–Trinajstić information content (AvgIpc) is 2.12. The molecule has 0 aliphatic rings. The first-order valence-electron chi connectivity index (χ1n) is 5.03. The van der Waals surface area contributed by atoms with Gasteiger partial charge in [0.1, 0.15) is 0 Å². The molecule has 0 rings (SSSR count). The van der Waals surface area contributed by atoms with Crippen molar-refractivity contribution in [2.75, 3.05) is 13.2 Å². The summed E-state index contributed by atoms with van der Waals surface area (Å²) in [6.45, 7) is 6.90. The van der Waals surface area contributed by atoms with E-state index >= 15 is 0 Å². The van der Waals surface area contributed by atoms with Crippen LogP contribution >= 0.6 is 15.9 Å². The molecule has 3 nitrogen and oxygen atoms in total. The highest BCUT2D eigenvalue weighted by atomic mass is 79.9. The third-order valence-electron chi connectivity index (χ3n) is 1.83. The number of esters is 1. The first kappa shape index (κ1) is 13.9. The van der Waals surface area contributed by atoms with Crippen LogP contribution in [-0.2, 0) is 14.3 Å². The van der Waals surface area contributed by atoms with Crippen molar-refractivity contribution in [3.8, 4) is 0 Å². The second kappa shape index (κ2) is 8.24. The molecule has 0 heterocycles. The van der Waals surface area contributed by atoms with Crippen molar-refractivity contribution in [1.82, 2.24) is 0 Å². The third kappa shape index (κ3) is 6.38. The van der Waals surface area contributed by atoms with Crippen molar-refractivity contribution in [3.63, 3.8) is 0 Å². The lowest BCUT2D eigenvalue weighted by molar-refractivity contribution is -0.143. The van der Waals surface area contributed by atoms with Crippen LogP contribution < -0.4 is 0 Å². The number of carbonyl (C=O) groups excluding carboxylic acids is 1. The molecule has 0 radical (unpaired) electrons. The van der Waals surface area contributed by atoms with Gasteiger partial charge in [0, 0.05) is 17.9 Å². The van der Waals surface area contributed by atoms with Crippen LogP contribution in [0.2, 0.25) is 0 Å². The zero-order chi connectivity index (χ0) is 11.0. The van der Waals surface area contributed by atoms with Gasteiger partial charge in [-0.2, -0.15) is 0 Å². The van der Waals surface area contributed by atoms with E-state index in [2.05, 4.69) is 15.9 Å². The Morgan fingerprint density at radius 2 is 2.00 bits per heavy atom. The molecule has 84 valence electrons. The van der Waals surface area contributed by atoms with Crippen LogP contribution in [0.3, 0.4) is 0 Å². The van der Waals surface area contributed by atoms with E-state index in [1.165, 1.54) is 0 Å². The summed E-state index contributed by atoms with van der Waals surface area (Å²) in [6.07, 6.45) is 1.22. The molecule has 0 amide bonds. The molecule has 0 aromatic rings. The van der Waals surface area contributed by atoms with Crippen molar-refractivity contribution >= 4 is 21.9 Å². The van der Waals surface area contributed by atoms with Crippen molar-refractivity contribution < 1.29 is 14.3 Å². The van der Waals surface area contributed by atoms with E-state index < -0.39 is 0 Å². The van der Waals surface area contributed by atoms with E-state index in [0.717, 1.165) is 0 Å². The minimum atomic E-state index is -0.148. The molecule has 0 spiro atoms. The molecule has 0 aromatic heterocycles. The van der Waals surface area contributed by atoms with E-state index in [-0.39, 0.29) is 16.9 Å². The number of alkyl halides is 1. The maximum Gasteiger partial charge on any atom is 0.305 e. The van der Waals surface area contributed by atoms with Gasteiger partial charge < -0.3 is 9.47 Å². The van der Waals surface area contributed by atoms with Gasteiger partial charge in [-0.05, 0) is 20.3 Å². The van der Waals surface area contributed by atoms with Crippen LogP contribution in [0.4, 0.5) is 0 Å². The minimum absolute atomic E-state index is 0.0874. The van der Waals surface area contributed by atoms with Gasteiger partial charge in [-0.25, -0.2) is 0 Å². The fraction of sp³-hybridized carbons (Fsp3) is 0.900. The number of hydrogen-bond donors (Lipinski definition) is 0. The van der Waals surface area contributed by atoms with Crippen molar-refractivity contribution in [2.45, 2.75) is 44.5 Å². The molecular weight excluding hydrogens is 248 g/mol. The molecular formula is C10H19BrO3. The molecule has 0 aliphatic carbocycles. The highest BCUT2D eigenvalue weighted by Gasteiger charge is 2.16. The van der Waals surface area contributed by atoms with Gasteiger partial charge in [-0.15, -0.1) is 0 Å². The molecule has 2 unspecified atom stereocenters. The third-order valence-corrected chi connectivity index (χ3v) is 2.42. The zero-order valence-electron chi connectivity index (χ0n) is 9.09. The van der Waals surface area contributed by atoms with Crippen LogP contribution in [0, 0.1) is 0 Å². The van der Waals surface area contributed by atoms with E-state index in [1.54, 1.807) is 0 Å². The second-order valence-corrected chi connectivity index (χ2v) is 4.46. The van der Waals surface area contributed by atoms with Gasteiger partial charge in [-0.3, -0.25) is 4.79 Å². The molecule has 0 aliphatic heterocycles. The van der Waals surface area contributed by atoms with Gasteiger partial charge in [-0.1, -0.05) is 22.9 Å². The Hall–Kier alpha value is -0.0900. The molecule has 0 fully saturated rings. The predicted octanol–water partition coefficient (Wildman–Crippen LogP) is 2.52. The van der Waals surface area contributed by atoms with Gasteiger partial charge in [0.15, 0.2) is 0 Å². The zero-order valence-corrected chi connectivity index (χ0v) is 10.7. The van der Waals surface area contributed by atoms with E-state index in [1.807, 2.05) is 20.8 Å². The topological polar surface area (TPSA) is 35.5 Å². The van der Waals surface area contributed by atoms with Crippen LogP contribution in [0.15, 0.2) is 0 Å². The molecule has 0 saturated heterocycles. The summed E-state index contributed by atoms with van der Waals surface area (Å²) in [7, 11) is 0. The molecule has 0 N–H and O–H groups in total. The predicted molar refractivity (Wildman–Crippen MR) is 59.7 cm³/mol. The lowest BCUT2D eigenvalue weighted by Crippen LogP contribution is -2.23. The van der Waals surface area contributed by atoms with E-state index in [9.17, 15) is 4.79 Å². The molecule has 14 heavy (non-hydrogen) atoms. The minimum Gasteiger partial charge on any atom is -0.466 e. The van der Waals surface area contributed by atoms with Gasteiger partial charge in [0.05, 0.1) is 12.7 Å². The average molecular weight is 267 g/mol. The van der Waals surface area contributed by atoms with Crippen LogP contribution in [0.5, 0.6) is 0 Å². The summed E-state index contributed by atoms with van der Waals surface area (Å²) in [5, 5.41) is 0. The first-order valence-corrected chi connectivity index (χ1v) is 5.94. The van der Waals surface area contributed by atoms with Crippen molar-refractivity contribution in [1.29, 1.82) is 0 Å². The van der Waals surface area contributed by atoms with Gasteiger partial charge in [0.2, 0.25) is 0 Å². The highest BCUT2D eigenvalue weighted by molar-refractivity contribution is 9.09. The molecule has 2 atom stereocenters. The summed E-state index contributed by atoms with van der Waals surface area (Å²) in [5.74, 6) is -0.148. The Labute approximate surface area is 94.3 Å². The number of rotatable bonds is 7. The fourth-order valence-electron chi connectivity index (χ4n) is 1.15. The fourth-order valence-corrected chi connectivity index (χ4v) is 1.57. The molecule has 0 bridgehead atoms. The molecule has 4 heteroatoms. The Morgan fingerprint density at radius 1 is 1.36 bits per heavy atom. The maximum absolute atomic E-state index is 11.1. The van der Waals surface area contributed by atoms with Gasteiger partial charge in [0.25, 0.3) is 0 Å². The Bertz CT molecular complexity index is 159. The molecule has 0 aromatic carbocycles. The summed E-state index contributed by atoms with van der Waals surface area (Å²) in [5.41, 5.74) is 0. The standard InChI is InChI=1S/C10H19BrO3/c1-4-13-9(8(3)11)6-7-10(12)14-5-2/h8-9H,4-7H2,1-3H3. The number of ether oxygens (including phenoxy) is 2. The summed E-state index contributed by atoms with van der Waals surface area (Å²) in [4.78, 5) is 11.3.